The molecule has 3 atom stereocenters. The molecule has 0 spiro atoms. The van der Waals surface area contributed by atoms with E-state index in [4.69, 9.17) is 14.9 Å². The maximum absolute atomic E-state index is 12.5. The first-order valence-electron chi connectivity index (χ1n) is 13.6. The molecule has 1 fully saturated rings. The van der Waals surface area contributed by atoms with Crippen LogP contribution in [0.3, 0.4) is 0 Å². The zero-order valence-electron chi connectivity index (χ0n) is 23.6. The molecule has 5 N–H and O–H groups in total. The van der Waals surface area contributed by atoms with Crippen LogP contribution in [0.1, 0.15) is 79.1 Å². The third-order valence-electron chi connectivity index (χ3n) is 6.97. The summed E-state index contributed by atoms with van der Waals surface area (Å²) in [6.07, 6.45) is 7.92. The number of fused-ring (bicyclic) bond motifs is 1. The van der Waals surface area contributed by atoms with Crippen molar-refractivity contribution in [2.24, 2.45) is 29.1 Å². The summed E-state index contributed by atoms with van der Waals surface area (Å²) in [4.78, 5) is 45.2. The fourth-order valence-corrected chi connectivity index (χ4v) is 4.19. The molecule has 3 unspecified atom stereocenters. The maximum Gasteiger partial charge on any atom is 0.407 e. The molecule has 0 saturated heterocycles. The van der Waals surface area contributed by atoms with Gasteiger partial charge in [-0.25, -0.2) is 4.79 Å². The molecule has 10 nitrogen and oxygen atoms in total. The molecular weight excluding hydrogens is 747 g/mol. The second kappa shape index (κ2) is 18.5. The Morgan fingerprint density at radius 3 is 2.15 bits per heavy atom. The van der Waals surface area contributed by atoms with E-state index in [2.05, 4.69) is 41.6 Å². The predicted octanol–water partition coefficient (Wildman–Crippen LogP) is 2.60. The summed E-state index contributed by atoms with van der Waals surface area (Å²) >= 11 is 0. The van der Waals surface area contributed by atoms with Crippen molar-refractivity contribution in [1.29, 1.82) is 0 Å². The standard InChI is InChI=1S/C23H36N3O4.C5H10O3.Fm/c1-17(2)12-14-25-22(28)21(11-7-8-13-24-16-27)26-23(29)30-15-20-18-9-5-3-4-6-10-19(18)20;1-5(2,3-6)4(7)8;/h17-21H,5-15H2,1-2H3,(H,24,27)(H,25,28)(H,26,29);6H,3H2,1-2H3,(H,7,8);/q-1;;. The number of carbonyl (C=O) groups is 3. The summed E-state index contributed by atoms with van der Waals surface area (Å²) in [5.74, 6) is 7.35. The molecule has 0 aliphatic heterocycles. The second-order valence-electron chi connectivity index (χ2n) is 11.1. The maximum atomic E-state index is 12.5. The van der Waals surface area contributed by atoms with E-state index in [9.17, 15) is 19.2 Å². The van der Waals surface area contributed by atoms with E-state index in [1.807, 2.05) is 0 Å². The van der Waals surface area contributed by atoms with Crippen molar-refractivity contribution in [2.75, 3.05) is 26.3 Å². The first-order valence-corrected chi connectivity index (χ1v) is 13.6. The summed E-state index contributed by atoms with van der Waals surface area (Å²) in [7, 11) is 0. The number of alkyl carbamates (subject to hydrolysis) is 1. The van der Waals surface area contributed by atoms with E-state index >= 15 is 0 Å². The molecule has 1 saturated carbocycles. The van der Waals surface area contributed by atoms with E-state index in [1.165, 1.54) is 13.8 Å². The molecule has 2 rings (SSSR count). The predicted molar refractivity (Wildman–Crippen MR) is 144 cm³/mol. The van der Waals surface area contributed by atoms with Crippen molar-refractivity contribution >= 4 is 24.4 Å². The number of hydrogen-bond donors (Lipinski definition) is 5. The van der Waals surface area contributed by atoms with Crippen LogP contribution in [-0.4, -0.2) is 66.9 Å². The van der Waals surface area contributed by atoms with E-state index < -0.39 is 23.5 Å². The Morgan fingerprint density at radius 2 is 1.67 bits per heavy atom. The van der Waals surface area contributed by atoms with Crippen molar-refractivity contribution in [3.8, 4) is 11.8 Å². The van der Waals surface area contributed by atoms with E-state index in [1.54, 1.807) is 6.41 Å². The van der Waals surface area contributed by atoms with Gasteiger partial charge in [-0.2, -0.15) is 6.41 Å². The van der Waals surface area contributed by atoms with Crippen molar-refractivity contribution in [1.82, 2.24) is 16.0 Å². The van der Waals surface area contributed by atoms with Crippen LogP contribution in [0, 0.1) is 40.9 Å². The number of aliphatic hydroxyl groups excluding tert-OH is 1. The number of carbonyl (C=O) groups excluding carboxylic acids is 3. The number of amides is 3. The summed E-state index contributed by atoms with van der Waals surface area (Å²) in [5, 5.41) is 24.8. The number of unbranched alkanes of at least 4 members (excludes halogenated alkanes) is 1. The summed E-state index contributed by atoms with van der Waals surface area (Å²) in [5.41, 5.74) is -0.986. The smallest absolute Gasteiger partial charge is 0.407 e. The molecule has 0 heterocycles. The van der Waals surface area contributed by atoms with Gasteiger partial charge in [0, 0.05) is 19.4 Å². The van der Waals surface area contributed by atoms with Gasteiger partial charge >= 0.3 is 12.1 Å². The van der Waals surface area contributed by atoms with E-state index in [0.29, 0.717) is 56.2 Å². The van der Waals surface area contributed by atoms with Crippen LogP contribution < -0.4 is 16.0 Å². The van der Waals surface area contributed by atoms with Crippen LogP contribution in [-0.2, 0) is 19.1 Å². The molecule has 0 aromatic heterocycles. The Hall–Kier alpha value is -3.80. The number of nitrogens with one attached hydrogen (secondary N) is 3. The Morgan fingerprint density at radius 1 is 1.05 bits per heavy atom. The Balaban J connectivity index is 0.00000139. The number of carboxylic acid groups (broad SMARTS) is 1. The van der Waals surface area contributed by atoms with E-state index in [-0.39, 0.29) is 12.5 Å². The monoisotopic (exact) mass is 793 g/mol. The van der Waals surface area contributed by atoms with Gasteiger partial charge in [0.2, 0.25) is 5.91 Å². The molecule has 0 aromatic carbocycles. The molecular formula is C28H46FmN3O7-. The first-order chi connectivity index (χ1) is 18.0. The molecule has 228 valence electrons. The van der Waals surface area contributed by atoms with Gasteiger partial charge in [0.15, 0.2) is 0 Å². The average molecular weight is 794 g/mol. The van der Waals surface area contributed by atoms with Gasteiger partial charge < -0.3 is 35.7 Å². The first kappa shape index (κ1) is 35.2. The number of ether oxygens (including phenoxy) is 1. The molecule has 0 aromatic rings. The molecule has 2 aliphatic carbocycles. The zero-order chi connectivity index (χ0) is 28.6. The van der Waals surface area contributed by atoms with Crippen LogP contribution >= 0.6 is 0 Å². The Labute approximate surface area is 227 Å². The van der Waals surface area contributed by atoms with E-state index in [0.717, 1.165) is 38.5 Å². The minimum absolute atomic E-state index is 0. The van der Waals surface area contributed by atoms with Crippen LogP contribution in [0.4, 0.5) is 4.79 Å². The van der Waals surface area contributed by atoms with Crippen LogP contribution in [0.25, 0.3) is 0 Å². The summed E-state index contributed by atoms with van der Waals surface area (Å²) in [6, 6.07) is -0.633. The molecule has 0 radical (unpaired) electrons. The van der Waals surface area contributed by atoms with Gasteiger partial charge in [-0.05, 0) is 82.6 Å². The number of rotatable bonds is 15. The van der Waals surface area contributed by atoms with Gasteiger partial charge in [0.05, 0.1) is 18.6 Å². The minimum atomic E-state index is -0.986. The third-order valence-corrected chi connectivity index (χ3v) is 6.97. The second-order valence-corrected chi connectivity index (χ2v) is 11.1. The quantitative estimate of drug-likeness (QED) is 0.0740. The van der Waals surface area contributed by atoms with Crippen LogP contribution in [0.15, 0.2) is 0 Å². The Bertz CT molecular complexity index is 808. The van der Waals surface area contributed by atoms with Crippen LogP contribution in [0.2, 0.25) is 0 Å². The molecule has 2 aliphatic rings. The largest absolute Gasteiger partial charge is 0.530 e. The zero-order valence-corrected chi connectivity index (χ0v) is 26.0. The van der Waals surface area contributed by atoms with Gasteiger partial charge in [-0.1, -0.05) is 13.8 Å². The number of carboxylic acids is 1. The fraction of sp³-hybridized carbons (Fsp3) is 0.786. The number of hydrogen-bond acceptors (Lipinski definition) is 6. The van der Waals surface area contributed by atoms with Crippen molar-refractivity contribution < 1.29 is 34.1 Å². The van der Waals surface area contributed by atoms with Gasteiger partial charge in [0.25, 0.3) is 0 Å². The SMILES string of the molecule is CC(C)(CO)C(=O)O.CC(C)CCNC(=O)C(CCCCN[C-]=O)NC(=O)OCC1C2CCC#CCCC21.[Fm]. The summed E-state index contributed by atoms with van der Waals surface area (Å²) < 4.78 is 5.47. The topological polar surface area (TPSA) is 154 Å². The third kappa shape index (κ3) is 14.1. The van der Waals surface area contributed by atoms with Gasteiger partial charge in [0.1, 0.15) is 6.04 Å². The normalized spacial score (nSPS) is 20.0. The van der Waals surface area contributed by atoms with Crippen molar-refractivity contribution in [3.63, 3.8) is 0 Å². The minimum Gasteiger partial charge on any atom is -0.530 e. The number of aliphatic carboxylic acids is 1. The fourth-order valence-electron chi connectivity index (χ4n) is 4.19. The van der Waals surface area contributed by atoms with Crippen molar-refractivity contribution in [2.45, 2.75) is 85.1 Å². The molecule has 3 amide bonds. The molecule has 11 heteroatoms. The Kier molecular flexibility index (Phi) is 16.7. The molecule has 0 bridgehead atoms. The number of aliphatic hydroxyl groups is 1. The average Bonchev–Trinajstić information content (AvgIpc) is 3.50. The van der Waals surface area contributed by atoms with Gasteiger partial charge in [-0.15, -0.1) is 11.8 Å². The van der Waals surface area contributed by atoms with Gasteiger partial charge in [-0.3, -0.25) is 9.59 Å². The summed E-state index contributed by atoms with van der Waals surface area (Å²) in [6.45, 7) is 8.31. The van der Waals surface area contributed by atoms with Crippen LogP contribution in [0.5, 0.6) is 0 Å². The molecule has 39 heavy (non-hydrogen) atoms. The van der Waals surface area contributed by atoms with Crippen molar-refractivity contribution in [3.05, 3.63) is 0 Å².